The van der Waals surface area contributed by atoms with Crippen molar-refractivity contribution in [1.29, 1.82) is 0 Å². The van der Waals surface area contributed by atoms with Crippen LogP contribution in [0.5, 0.6) is 5.75 Å². The second-order valence-electron chi connectivity index (χ2n) is 6.31. The van der Waals surface area contributed by atoms with Gasteiger partial charge in [0.1, 0.15) is 17.9 Å². The summed E-state index contributed by atoms with van der Waals surface area (Å²) >= 11 is 0. The van der Waals surface area contributed by atoms with Gasteiger partial charge in [-0.1, -0.05) is 25.1 Å². The van der Waals surface area contributed by atoms with Gasteiger partial charge in [0, 0.05) is 38.5 Å². The lowest BCUT2D eigenvalue weighted by molar-refractivity contribution is 0.269. The summed E-state index contributed by atoms with van der Waals surface area (Å²) in [5.74, 6) is 3.26. The molecule has 1 aromatic heterocycles. The summed E-state index contributed by atoms with van der Waals surface area (Å²) < 4.78 is 7.82. The van der Waals surface area contributed by atoms with Gasteiger partial charge >= 0.3 is 0 Å². The first-order valence-corrected chi connectivity index (χ1v) is 9.42. The third-order valence-corrected chi connectivity index (χ3v) is 4.55. The highest BCUT2D eigenvalue weighted by atomic mass is 127. The maximum absolute atomic E-state index is 5.74. The molecule has 7 nitrogen and oxygen atoms in total. The largest absolute Gasteiger partial charge is 0.493 e. The van der Waals surface area contributed by atoms with Crippen molar-refractivity contribution in [2.45, 2.75) is 39.2 Å². The standard InChI is InChI=1S/C19H28N6O.HI/c1-3-18-24-23-14-25(18)11-10-21-19(20-4-2)22-13-15-9-12-26-17-8-6-5-7-16(15)17;/h5-8,14-15H,3-4,9-13H2,1-2H3,(H2,20,21,22);1H. The summed E-state index contributed by atoms with van der Waals surface area (Å²) in [4.78, 5) is 4.80. The van der Waals surface area contributed by atoms with Crippen molar-refractivity contribution in [3.05, 3.63) is 42.0 Å². The van der Waals surface area contributed by atoms with Crippen LogP contribution in [-0.2, 0) is 13.0 Å². The van der Waals surface area contributed by atoms with E-state index in [4.69, 9.17) is 9.73 Å². The number of nitrogens with one attached hydrogen (secondary N) is 2. The van der Waals surface area contributed by atoms with Gasteiger partial charge in [-0.25, -0.2) is 0 Å². The van der Waals surface area contributed by atoms with E-state index in [1.165, 1.54) is 5.56 Å². The van der Waals surface area contributed by atoms with Crippen molar-refractivity contribution in [3.8, 4) is 5.75 Å². The molecule has 0 bridgehead atoms. The van der Waals surface area contributed by atoms with E-state index < -0.39 is 0 Å². The zero-order chi connectivity index (χ0) is 18.2. The SMILES string of the molecule is CCNC(=NCC1CCOc2ccccc21)NCCn1cnnc1CC.I. The van der Waals surface area contributed by atoms with Gasteiger partial charge in [0.2, 0.25) is 0 Å². The smallest absolute Gasteiger partial charge is 0.191 e. The molecular weight excluding hydrogens is 455 g/mol. The van der Waals surface area contributed by atoms with Crippen LogP contribution < -0.4 is 15.4 Å². The van der Waals surface area contributed by atoms with Gasteiger partial charge in [-0.15, -0.1) is 34.2 Å². The average Bonchev–Trinajstić information content (AvgIpc) is 3.13. The van der Waals surface area contributed by atoms with Crippen LogP contribution in [0.15, 0.2) is 35.6 Å². The molecule has 2 heterocycles. The minimum Gasteiger partial charge on any atom is -0.493 e. The second-order valence-corrected chi connectivity index (χ2v) is 6.31. The number of aliphatic imine (C=N–C) groups is 1. The molecule has 1 aliphatic rings. The van der Waals surface area contributed by atoms with Gasteiger partial charge in [0.25, 0.3) is 0 Å². The molecule has 1 unspecified atom stereocenters. The summed E-state index contributed by atoms with van der Waals surface area (Å²) in [7, 11) is 0. The molecule has 0 saturated heterocycles. The summed E-state index contributed by atoms with van der Waals surface area (Å²) in [6.07, 6.45) is 3.67. The van der Waals surface area contributed by atoms with Gasteiger partial charge in [-0.2, -0.15) is 0 Å². The van der Waals surface area contributed by atoms with Crippen LogP contribution in [0.2, 0.25) is 0 Å². The summed E-state index contributed by atoms with van der Waals surface area (Å²) in [6, 6.07) is 8.27. The van der Waals surface area contributed by atoms with Crippen molar-refractivity contribution in [3.63, 3.8) is 0 Å². The Labute approximate surface area is 178 Å². The van der Waals surface area contributed by atoms with E-state index in [9.17, 15) is 0 Å². The Bertz CT molecular complexity index is 732. The van der Waals surface area contributed by atoms with Gasteiger partial charge in [0.15, 0.2) is 5.96 Å². The van der Waals surface area contributed by atoms with E-state index in [-0.39, 0.29) is 24.0 Å². The van der Waals surface area contributed by atoms with Crippen LogP contribution in [0, 0.1) is 0 Å². The van der Waals surface area contributed by atoms with Crippen LogP contribution in [0.3, 0.4) is 0 Å². The fourth-order valence-corrected chi connectivity index (χ4v) is 3.18. The maximum Gasteiger partial charge on any atom is 0.191 e. The van der Waals surface area contributed by atoms with Crippen molar-refractivity contribution in [2.24, 2.45) is 4.99 Å². The minimum atomic E-state index is 0. The van der Waals surface area contributed by atoms with Gasteiger partial charge in [-0.3, -0.25) is 4.99 Å². The molecule has 0 aliphatic carbocycles. The number of benzene rings is 1. The number of aryl methyl sites for hydroxylation is 1. The van der Waals surface area contributed by atoms with Crippen LogP contribution in [0.4, 0.5) is 0 Å². The summed E-state index contributed by atoms with van der Waals surface area (Å²) in [5, 5.41) is 14.8. The molecule has 8 heteroatoms. The van der Waals surface area contributed by atoms with Gasteiger partial charge < -0.3 is 19.9 Å². The number of fused-ring (bicyclic) bond motifs is 1. The predicted octanol–water partition coefficient (Wildman–Crippen LogP) is 2.58. The zero-order valence-corrected chi connectivity index (χ0v) is 18.3. The van der Waals surface area contributed by atoms with Crippen molar-refractivity contribution >= 4 is 29.9 Å². The van der Waals surface area contributed by atoms with Crippen LogP contribution in [-0.4, -0.2) is 47.0 Å². The number of para-hydroxylation sites is 1. The first-order valence-electron chi connectivity index (χ1n) is 9.42. The molecule has 1 aromatic carbocycles. The topological polar surface area (TPSA) is 76.4 Å². The van der Waals surface area contributed by atoms with E-state index in [1.807, 2.05) is 12.1 Å². The summed E-state index contributed by atoms with van der Waals surface area (Å²) in [5.41, 5.74) is 1.26. The van der Waals surface area contributed by atoms with E-state index in [0.29, 0.717) is 5.92 Å². The molecule has 0 saturated carbocycles. The lowest BCUT2D eigenvalue weighted by Gasteiger charge is -2.25. The van der Waals surface area contributed by atoms with E-state index in [1.54, 1.807) is 6.33 Å². The molecule has 27 heavy (non-hydrogen) atoms. The number of guanidine groups is 1. The minimum absolute atomic E-state index is 0. The fraction of sp³-hybridized carbons (Fsp3) is 0.526. The molecule has 1 aliphatic heterocycles. The second kappa shape index (κ2) is 11.1. The number of hydrogen-bond acceptors (Lipinski definition) is 4. The molecule has 2 N–H and O–H groups in total. The molecule has 0 radical (unpaired) electrons. The Morgan fingerprint density at radius 1 is 1.30 bits per heavy atom. The quantitative estimate of drug-likeness (QED) is 0.359. The number of halogens is 1. The van der Waals surface area contributed by atoms with E-state index in [2.05, 4.69) is 51.4 Å². The molecule has 1 atom stereocenters. The number of nitrogens with zero attached hydrogens (tertiary/aromatic N) is 4. The lowest BCUT2D eigenvalue weighted by Crippen LogP contribution is -2.39. The predicted molar refractivity (Wildman–Crippen MR) is 118 cm³/mol. The van der Waals surface area contributed by atoms with Crippen molar-refractivity contribution in [2.75, 3.05) is 26.2 Å². The number of hydrogen-bond donors (Lipinski definition) is 2. The van der Waals surface area contributed by atoms with Crippen LogP contribution >= 0.6 is 24.0 Å². The first kappa shape index (κ1) is 21.5. The highest BCUT2D eigenvalue weighted by molar-refractivity contribution is 14.0. The number of ether oxygens (including phenoxy) is 1. The average molecular weight is 484 g/mol. The molecule has 3 rings (SSSR count). The van der Waals surface area contributed by atoms with E-state index in [0.717, 1.165) is 63.2 Å². The van der Waals surface area contributed by atoms with Gasteiger partial charge in [0.05, 0.1) is 6.61 Å². The molecule has 0 amide bonds. The van der Waals surface area contributed by atoms with Crippen molar-refractivity contribution in [1.82, 2.24) is 25.4 Å². The Morgan fingerprint density at radius 2 is 2.15 bits per heavy atom. The molecule has 0 spiro atoms. The van der Waals surface area contributed by atoms with Crippen molar-refractivity contribution < 1.29 is 4.74 Å². The molecule has 2 aromatic rings. The third-order valence-electron chi connectivity index (χ3n) is 4.55. The Balaban J connectivity index is 0.00000261. The van der Waals surface area contributed by atoms with Gasteiger partial charge in [-0.05, 0) is 25.0 Å². The van der Waals surface area contributed by atoms with Crippen LogP contribution in [0.1, 0.15) is 37.6 Å². The lowest BCUT2D eigenvalue weighted by atomic mass is 9.93. The zero-order valence-electron chi connectivity index (χ0n) is 16.0. The third kappa shape index (κ3) is 5.82. The Kier molecular flexibility index (Phi) is 8.83. The normalized spacial score (nSPS) is 16.1. The Morgan fingerprint density at radius 3 is 2.96 bits per heavy atom. The molecular formula is C19H29IN6O. The van der Waals surface area contributed by atoms with E-state index >= 15 is 0 Å². The molecule has 148 valence electrons. The number of rotatable bonds is 7. The Hall–Kier alpha value is -1.84. The number of aromatic nitrogens is 3. The summed E-state index contributed by atoms with van der Waals surface area (Å²) in [6.45, 7) is 8.11. The monoisotopic (exact) mass is 484 g/mol. The highest BCUT2D eigenvalue weighted by Crippen LogP contribution is 2.33. The highest BCUT2D eigenvalue weighted by Gasteiger charge is 2.20. The molecule has 0 fully saturated rings. The van der Waals surface area contributed by atoms with Crippen LogP contribution in [0.25, 0.3) is 0 Å². The first-order chi connectivity index (χ1) is 12.8. The fourth-order valence-electron chi connectivity index (χ4n) is 3.18. The maximum atomic E-state index is 5.74.